The maximum absolute atomic E-state index is 12.2. The number of carbonyl (C=O) groups excluding carboxylic acids is 1. The summed E-state index contributed by atoms with van der Waals surface area (Å²) in [5, 5.41) is 0. The first-order valence-corrected chi connectivity index (χ1v) is 9.66. The van der Waals surface area contributed by atoms with Gasteiger partial charge in [0.15, 0.2) is 0 Å². The third-order valence-electron chi connectivity index (χ3n) is 6.94. The summed E-state index contributed by atoms with van der Waals surface area (Å²) in [6.07, 6.45) is 11.8. The molecule has 0 radical (unpaired) electrons. The Kier molecular flexibility index (Phi) is 4.43. The molecule has 0 aromatic heterocycles. The highest BCUT2D eigenvalue weighted by Gasteiger charge is 2.48. The summed E-state index contributed by atoms with van der Waals surface area (Å²) in [6, 6.07) is 0. The van der Waals surface area contributed by atoms with Crippen molar-refractivity contribution in [3.05, 3.63) is 0 Å². The van der Waals surface area contributed by atoms with E-state index in [1.54, 1.807) is 0 Å². The van der Waals surface area contributed by atoms with Crippen LogP contribution in [0.2, 0.25) is 0 Å². The molecule has 0 unspecified atom stereocenters. The van der Waals surface area contributed by atoms with Gasteiger partial charge in [-0.15, -0.1) is 0 Å². The minimum Gasteiger partial charge on any atom is -0.464 e. The molecule has 1 aliphatic heterocycles. The monoisotopic (exact) mass is 305 g/mol. The minimum absolute atomic E-state index is 0.0782. The van der Waals surface area contributed by atoms with Gasteiger partial charge in [0.1, 0.15) is 6.61 Å². The lowest BCUT2D eigenvalue weighted by atomic mass is 9.51. The van der Waals surface area contributed by atoms with Crippen molar-refractivity contribution in [2.75, 3.05) is 26.2 Å². The molecule has 3 heteroatoms. The van der Waals surface area contributed by atoms with Gasteiger partial charge in [0.2, 0.25) is 0 Å². The number of esters is 1. The molecule has 0 spiro atoms. The van der Waals surface area contributed by atoms with Crippen molar-refractivity contribution in [3.63, 3.8) is 0 Å². The predicted molar refractivity (Wildman–Crippen MR) is 86.4 cm³/mol. The highest BCUT2D eigenvalue weighted by atomic mass is 16.5. The Morgan fingerprint density at radius 3 is 2.18 bits per heavy atom. The van der Waals surface area contributed by atoms with E-state index in [0.717, 1.165) is 30.2 Å². The van der Waals surface area contributed by atoms with Gasteiger partial charge >= 0.3 is 5.97 Å². The van der Waals surface area contributed by atoms with Gasteiger partial charge < -0.3 is 4.74 Å². The molecule has 5 rings (SSSR count). The fourth-order valence-corrected chi connectivity index (χ4v) is 6.09. The zero-order chi connectivity index (χ0) is 14.9. The molecule has 4 saturated carbocycles. The molecule has 4 aliphatic carbocycles. The number of nitrogens with zero attached hydrogens (tertiary/aromatic N) is 1. The molecule has 124 valence electrons. The standard InChI is InChI=1S/C19H31NO2/c21-19(22-7-6-20-4-2-1-3-5-20)13-18-16-9-14-8-15(11-16)12-17(18)10-14/h14-18H,1-13H2. The molecule has 1 heterocycles. The van der Waals surface area contributed by atoms with E-state index in [1.165, 1.54) is 64.5 Å². The third kappa shape index (κ3) is 3.20. The zero-order valence-corrected chi connectivity index (χ0v) is 13.8. The summed E-state index contributed by atoms with van der Waals surface area (Å²) < 4.78 is 5.57. The fraction of sp³-hybridized carbons (Fsp3) is 0.947. The summed E-state index contributed by atoms with van der Waals surface area (Å²) in [5.41, 5.74) is 0. The first-order chi connectivity index (χ1) is 10.8. The number of ether oxygens (including phenoxy) is 1. The van der Waals surface area contributed by atoms with Crippen LogP contribution in [0.4, 0.5) is 0 Å². The number of carbonyl (C=O) groups is 1. The lowest BCUT2D eigenvalue weighted by molar-refractivity contribution is -0.149. The van der Waals surface area contributed by atoms with Crippen LogP contribution in [-0.2, 0) is 9.53 Å². The molecule has 1 saturated heterocycles. The van der Waals surface area contributed by atoms with Crippen LogP contribution in [0.3, 0.4) is 0 Å². The Hall–Kier alpha value is -0.570. The van der Waals surface area contributed by atoms with Crippen molar-refractivity contribution in [2.24, 2.45) is 29.6 Å². The van der Waals surface area contributed by atoms with Gasteiger partial charge in [-0.1, -0.05) is 6.42 Å². The minimum atomic E-state index is 0.0782. The Labute approximate surface area is 134 Å². The molecule has 0 aromatic carbocycles. The van der Waals surface area contributed by atoms with Crippen molar-refractivity contribution in [3.8, 4) is 0 Å². The van der Waals surface area contributed by atoms with Crippen LogP contribution < -0.4 is 0 Å². The van der Waals surface area contributed by atoms with Gasteiger partial charge in [0.05, 0.1) is 0 Å². The Morgan fingerprint density at radius 1 is 0.909 bits per heavy atom. The first kappa shape index (κ1) is 15.0. The predicted octanol–water partition coefficient (Wildman–Crippen LogP) is 3.48. The van der Waals surface area contributed by atoms with Crippen molar-refractivity contribution in [2.45, 2.75) is 57.8 Å². The number of hydrogen-bond acceptors (Lipinski definition) is 3. The van der Waals surface area contributed by atoms with Crippen molar-refractivity contribution < 1.29 is 9.53 Å². The molecule has 0 amide bonds. The topological polar surface area (TPSA) is 29.5 Å². The zero-order valence-electron chi connectivity index (χ0n) is 13.8. The van der Waals surface area contributed by atoms with E-state index in [-0.39, 0.29) is 5.97 Å². The van der Waals surface area contributed by atoms with Gasteiger partial charge in [-0.2, -0.15) is 0 Å². The molecule has 0 N–H and O–H groups in total. The molecule has 3 nitrogen and oxygen atoms in total. The second-order valence-electron chi connectivity index (χ2n) is 8.42. The molecule has 4 bridgehead atoms. The lowest BCUT2D eigenvalue weighted by Crippen LogP contribution is -2.45. The SMILES string of the molecule is O=C(CC1C2CC3CC(C2)CC1C3)OCCN1CCCCC1. The molecule has 0 atom stereocenters. The smallest absolute Gasteiger partial charge is 0.306 e. The average molecular weight is 305 g/mol. The van der Waals surface area contributed by atoms with Crippen LogP contribution in [0.5, 0.6) is 0 Å². The van der Waals surface area contributed by atoms with Crippen LogP contribution in [0, 0.1) is 29.6 Å². The number of hydrogen-bond donors (Lipinski definition) is 0. The highest BCUT2D eigenvalue weighted by molar-refractivity contribution is 5.69. The lowest BCUT2D eigenvalue weighted by Gasteiger charge is -2.54. The first-order valence-electron chi connectivity index (χ1n) is 9.66. The number of piperidine rings is 1. The van der Waals surface area contributed by atoms with E-state index < -0.39 is 0 Å². The maximum Gasteiger partial charge on any atom is 0.306 e. The van der Waals surface area contributed by atoms with E-state index in [1.807, 2.05) is 0 Å². The van der Waals surface area contributed by atoms with Gasteiger partial charge in [-0.25, -0.2) is 0 Å². The van der Waals surface area contributed by atoms with E-state index in [0.29, 0.717) is 18.9 Å². The summed E-state index contributed by atoms with van der Waals surface area (Å²) in [7, 11) is 0. The molecule has 5 aliphatic rings. The largest absolute Gasteiger partial charge is 0.464 e. The van der Waals surface area contributed by atoms with Crippen LogP contribution in [0.15, 0.2) is 0 Å². The third-order valence-corrected chi connectivity index (χ3v) is 6.94. The van der Waals surface area contributed by atoms with Gasteiger partial charge in [-0.05, 0) is 87.6 Å². The molecule has 0 aromatic rings. The Balaban J connectivity index is 1.21. The average Bonchev–Trinajstić information content (AvgIpc) is 2.51. The van der Waals surface area contributed by atoms with Crippen LogP contribution in [0.25, 0.3) is 0 Å². The van der Waals surface area contributed by atoms with E-state index in [4.69, 9.17) is 4.74 Å². The van der Waals surface area contributed by atoms with Crippen LogP contribution in [0.1, 0.15) is 57.8 Å². The maximum atomic E-state index is 12.2. The Bertz CT molecular complexity index is 374. The van der Waals surface area contributed by atoms with Gasteiger partial charge in [0, 0.05) is 13.0 Å². The summed E-state index contributed by atoms with van der Waals surface area (Å²) >= 11 is 0. The summed E-state index contributed by atoms with van der Waals surface area (Å²) in [4.78, 5) is 14.7. The summed E-state index contributed by atoms with van der Waals surface area (Å²) in [6.45, 7) is 3.92. The van der Waals surface area contributed by atoms with E-state index >= 15 is 0 Å². The molecular formula is C19H31NO2. The van der Waals surface area contributed by atoms with Crippen molar-refractivity contribution in [1.29, 1.82) is 0 Å². The number of rotatable bonds is 5. The van der Waals surface area contributed by atoms with E-state index in [2.05, 4.69) is 4.90 Å². The second kappa shape index (κ2) is 6.51. The summed E-state index contributed by atoms with van der Waals surface area (Å²) in [5.74, 6) is 4.39. The quantitative estimate of drug-likeness (QED) is 0.728. The van der Waals surface area contributed by atoms with Crippen LogP contribution >= 0.6 is 0 Å². The Morgan fingerprint density at radius 2 is 1.55 bits per heavy atom. The number of likely N-dealkylation sites (tertiary alicyclic amines) is 1. The molecule has 22 heavy (non-hydrogen) atoms. The van der Waals surface area contributed by atoms with E-state index in [9.17, 15) is 4.79 Å². The van der Waals surface area contributed by atoms with Crippen molar-refractivity contribution >= 4 is 5.97 Å². The van der Waals surface area contributed by atoms with Gasteiger partial charge in [-0.3, -0.25) is 9.69 Å². The molecular weight excluding hydrogens is 274 g/mol. The normalized spacial score (nSPS) is 40.8. The fourth-order valence-electron chi connectivity index (χ4n) is 6.09. The second-order valence-corrected chi connectivity index (χ2v) is 8.42. The highest BCUT2D eigenvalue weighted by Crippen LogP contribution is 2.57. The van der Waals surface area contributed by atoms with Gasteiger partial charge in [0.25, 0.3) is 0 Å². The van der Waals surface area contributed by atoms with Crippen molar-refractivity contribution in [1.82, 2.24) is 4.90 Å². The van der Waals surface area contributed by atoms with Crippen LogP contribution in [-0.4, -0.2) is 37.1 Å². The molecule has 5 fully saturated rings.